The first-order chi connectivity index (χ1) is 24.2. The normalized spacial score (nSPS) is 22.1. The van der Waals surface area contributed by atoms with Gasteiger partial charge in [0, 0.05) is 34.4 Å². The number of hydrogen-bond donors (Lipinski definition) is 3. The number of nitrogens with zero attached hydrogens (tertiary/aromatic N) is 2. The third-order valence-corrected chi connectivity index (χ3v) is 9.67. The minimum Gasteiger partial charge on any atom is -0.508 e. The van der Waals surface area contributed by atoms with E-state index in [0.29, 0.717) is 26.0 Å². The Morgan fingerprint density at radius 3 is 1.53 bits per heavy atom. The maximum absolute atomic E-state index is 14.0. The van der Waals surface area contributed by atoms with Gasteiger partial charge in [-0.3, -0.25) is 0 Å². The molecule has 0 spiro atoms. The van der Waals surface area contributed by atoms with E-state index < -0.39 is 79.1 Å². The van der Waals surface area contributed by atoms with Gasteiger partial charge in [-0.15, -0.1) is 0 Å². The molecular weight excluding hydrogens is 869 g/mol. The molecule has 0 heterocycles. The molecule has 0 amide bonds. The zero-order valence-electron chi connectivity index (χ0n) is 26.3. The van der Waals surface area contributed by atoms with Crippen molar-refractivity contribution in [2.24, 2.45) is 0 Å². The molecule has 2 atom stereocenters. The quantitative estimate of drug-likeness (QED) is 0.173. The van der Waals surface area contributed by atoms with Gasteiger partial charge in [0.25, 0.3) is 0 Å². The highest BCUT2D eigenvalue weighted by Crippen LogP contribution is 2.63. The number of aliphatic hydroxyl groups is 2. The molecular formula is C34H19Br2F11N2O4. The van der Waals surface area contributed by atoms with E-state index in [2.05, 4.69) is 31.9 Å². The highest BCUT2D eigenvalue weighted by molar-refractivity contribution is 9.11. The van der Waals surface area contributed by atoms with Gasteiger partial charge in [0.2, 0.25) is 0 Å². The summed E-state index contributed by atoms with van der Waals surface area (Å²) < 4.78 is 153. The van der Waals surface area contributed by atoms with Crippen LogP contribution in [0.2, 0.25) is 0 Å². The SMILES string of the molecule is CC1(O)c2c(ccc(F)c2Br)C(F)(F)C1(F)F.CC1(O)c2c(ccc(Oc3cc(F)cc(C#N)c3)c2Br)C(F)(F)C1(F)F.N#Cc1cc(O)cc(F)c1. The van der Waals surface area contributed by atoms with E-state index in [-0.39, 0.29) is 32.8 Å². The lowest BCUT2D eigenvalue weighted by Gasteiger charge is -2.29. The molecule has 6 nitrogen and oxygen atoms in total. The molecule has 280 valence electrons. The number of halogens is 13. The van der Waals surface area contributed by atoms with Gasteiger partial charge >= 0.3 is 23.7 Å². The molecule has 4 aromatic carbocycles. The Morgan fingerprint density at radius 2 is 1.06 bits per heavy atom. The molecule has 2 unspecified atom stereocenters. The van der Waals surface area contributed by atoms with Crippen molar-refractivity contribution in [3.8, 4) is 29.4 Å². The average Bonchev–Trinajstić information content (AvgIpc) is 3.23. The van der Waals surface area contributed by atoms with Crippen molar-refractivity contribution in [3.63, 3.8) is 0 Å². The minimum atomic E-state index is -4.74. The number of rotatable bonds is 2. The van der Waals surface area contributed by atoms with Crippen molar-refractivity contribution < 1.29 is 68.4 Å². The predicted molar refractivity (Wildman–Crippen MR) is 169 cm³/mol. The highest BCUT2D eigenvalue weighted by atomic mass is 79.9. The van der Waals surface area contributed by atoms with Crippen LogP contribution >= 0.6 is 31.9 Å². The molecule has 53 heavy (non-hydrogen) atoms. The summed E-state index contributed by atoms with van der Waals surface area (Å²) in [4.78, 5) is 0. The van der Waals surface area contributed by atoms with Crippen LogP contribution < -0.4 is 4.74 Å². The van der Waals surface area contributed by atoms with Gasteiger partial charge in [0.05, 0.1) is 32.2 Å². The van der Waals surface area contributed by atoms with Crippen molar-refractivity contribution in [1.82, 2.24) is 0 Å². The zero-order chi connectivity index (χ0) is 40.3. The van der Waals surface area contributed by atoms with E-state index in [1.54, 1.807) is 12.1 Å². The average molecular weight is 888 g/mol. The van der Waals surface area contributed by atoms with Gasteiger partial charge in [0.15, 0.2) is 11.2 Å². The van der Waals surface area contributed by atoms with Crippen LogP contribution in [0.5, 0.6) is 17.2 Å². The number of ether oxygens (including phenoxy) is 1. The lowest BCUT2D eigenvalue weighted by atomic mass is 9.95. The van der Waals surface area contributed by atoms with Crippen LogP contribution in [0.3, 0.4) is 0 Å². The van der Waals surface area contributed by atoms with Gasteiger partial charge in [0.1, 0.15) is 34.7 Å². The van der Waals surface area contributed by atoms with Crippen LogP contribution in [-0.4, -0.2) is 27.2 Å². The van der Waals surface area contributed by atoms with Crippen LogP contribution in [0.15, 0.2) is 69.6 Å². The lowest BCUT2D eigenvalue weighted by Crippen LogP contribution is -2.46. The van der Waals surface area contributed by atoms with Crippen molar-refractivity contribution in [2.75, 3.05) is 0 Å². The summed E-state index contributed by atoms with van der Waals surface area (Å²) >= 11 is 5.52. The molecule has 0 saturated carbocycles. The van der Waals surface area contributed by atoms with Crippen LogP contribution in [0.4, 0.5) is 48.3 Å². The molecule has 4 aromatic rings. The summed E-state index contributed by atoms with van der Waals surface area (Å²) in [5.41, 5.74) is -9.87. The molecule has 0 saturated heterocycles. The van der Waals surface area contributed by atoms with Gasteiger partial charge in [-0.05, 0) is 94.2 Å². The monoisotopic (exact) mass is 886 g/mol. The number of nitriles is 2. The fraction of sp³-hybridized carbons (Fsp3) is 0.235. The molecule has 0 fully saturated rings. The first-order valence-corrected chi connectivity index (χ1v) is 15.9. The Labute approximate surface area is 308 Å². The first-order valence-electron chi connectivity index (χ1n) is 14.3. The molecule has 2 aliphatic rings. The van der Waals surface area contributed by atoms with E-state index in [4.69, 9.17) is 20.4 Å². The van der Waals surface area contributed by atoms with Crippen molar-refractivity contribution in [1.29, 1.82) is 10.5 Å². The van der Waals surface area contributed by atoms with Crippen molar-refractivity contribution in [2.45, 2.75) is 48.7 Å². The number of fused-ring (bicyclic) bond motifs is 2. The molecule has 0 aromatic heterocycles. The van der Waals surface area contributed by atoms with Crippen molar-refractivity contribution in [3.05, 3.63) is 120 Å². The summed E-state index contributed by atoms with van der Waals surface area (Å²) in [6.45, 7) is 1.12. The van der Waals surface area contributed by atoms with Crippen LogP contribution in [0.1, 0.15) is 47.2 Å². The van der Waals surface area contributed by atoms with Gasteiger partial charge in [-0.2, -0.15) is 45.6 Å². The molecule has 6 rings (SSSR count). The number of phenols is 1. The molecule has 19 heteroatoms. The summed E-state index contributed by atoms with van der Waals surface area (Å²) in [6.07, 6.45) is 0. The Morgan fingerprint density at radius 1 is 0.623 bits per heavy atom. The second kappa shape index (κ2) is 13.8. The third kappa shape index (κ3) is 6.68. The zero-order valence-corrected chi connectivity index (χ0v) is 29.5. The molecule has 0 aliphatic heterocycles. The van der Waals surface area contributed by atoms with Crippen LogP contribution in [-0.2, 0) is 23.0 Å². The van der Waals surface area contributed by atoms with Gasteiger partial charge in [-0.1, -0.05) is 0 Å². The number of hydrogen-bond acceptors (Lipinski definition) is 6. The van der Waals surface area contributed by atoms with Crippen LogP contribution in [0.25, 0.3) is 0 Å². The van der Waals surface area contributed by atoms with E-state index in [9.17, 15) is 58.5 Å². The number of benzene rings is 4. The fourth-order valence-corrected chi connectivity index (χ4v) is 6.92. The number of phenolic OH excluding ortho intramolecular Hbond substituents is 1. The molecule has 3 N–H and O–H groups in total. The smallest absolute Gasteiger partial charge is 0.346 e. The summed E-state index contributed by atoms with van der Waals surface area (Å²) in [6, 6.07) is 12.6. The molecule has 2 aliphatic carbocycles. The Bertz CT molecular complexity index is 2180. The largest absolute Gasteiger partial charge is 0.508 e. The van der Waals surface area contributed by atoms with E-state index in [1.807, 2.05) is 0 Å². The van der Waals surface area contributed by atoms with Gasteiger partial charge in [-0.25, -0.2) is 13.2 Å². The van der Waals surface area contributed by atoms with Crippen molar-refractivity contribution >= 4 is 31.9 Å². The fourth-order valence-electron chi connectivity index (χ4n) is 5.38. The summed E-state index contributed by atoms with van der Waals surface area (Å²) in [5.74, 6) is -21.5. The molecule has 0 radical (unpaired) electrons. The number of alkyl halides is 8. The maximum Gasteiger partial charge on any atom is 0.346 e. The second-order valence-corrected chi connectivity index (χ2v) is 13.3. The second-order valence-electron chi connectivity index (χ2n) is 11.7. The Kier molecular flexibility index (Phi) is 10.7. The van der Waals surface area contributed by atoms with E-state index in [1.165, 1.54) is 12.1 Å². The van der Waals surface area contributed by atoms with Crippen LogP contribution in [0, 0.1) is 40.1 Å². The number of aromatic hydroxyl groups is 1. The highest BCUT2D eigenvalue weighted by Gasteiger charge is 2.76. The summed E-state index contributed by atoms with van der Waals surface area (Å²) in [5, 5.41) is 45.5. The predicted octanol–water partition coefficient (Wildman–Crippen LogP) is 10.1. The summed E-state index contributed by atoms with van der Waals surface area (Å²) in [7, 11) is 0. The van der Waals surface area contributed by atoms with E-state index >= 15 is 0 Å². The minimum absolute atomic E-state index is 0.0534. The van der Waals surface area contributed by atoms with E-state index in [0.717, 1.165) is 36.4 Å². The maximum atomic E-state index is 14.0. The Balaban J connectivity index is 0.000000198. The Hall–Kier alpha value is -4.43. The standard InChI is InChI=1S/C17H9BrF5NO2.C10H6BrF5O.C7H4FNO/c1-15(25)13-11(16(20,21)17(15,22)23)2-3-12(14(13)18)26-10-5-8(7-24)4-9(19)6-10;1-8(17)6-4(2-3-5(12)7(6)11)9(13,14)10(8,15)16;8-6-1-5(4-9)2-7(10)3-6/h2-6,25H,1H3;2-3,17H,1H3;1-3,10H. The topological polar surface area (TPSA) is 117 Å². The third-order valence-electron chi connectivity index (χ3n) is 8.10. The lowest BCUT2D eigenvalue weighted by molar-refractivity contribution is -0.280. The van der Waals surface area contributed by atoms with Gasteiger partial charge < -0.3 is 20.1 Å². The molecule has 0 bridgehead atoms. The first kappa shape index (κ1) is 41.3.